The van der Waals surface area contributed by atoms with Gasteiger partial charge in [-0.15, -0.1) is 0 Å². The van der Waals surface area contributed by atoms with Crippen molar-refractivity contribution in [1.29, 1.82) is 0 Å². The molecule has 128 valence electrons. The van der Waals surface area contributed by atoms with Gasteiger partial charge < -0.3 is 10.6 Å². The smallest absolute Gasteiger partial charge is 0.275 e. The fourth-order valence-corrected chi connectivity index (χ4v) is 2.96. The number of benzene rings is 2. The van der Waals surface area contributed by atoms with Crippen molar-refractivity contribution in [3.8, 4) is 0 Å². The largest absolute Gasteiger partial charge is 0.345 e. The molecule has 24 heavy (non-hydrogen) atoms. The third-order valence-electron chi connectivity index (χ3n) is 4.21. The number of nitrogens with two attached hydrogens (primary N) is 1. The van der Waals surface area contributed by atoms with Crippen LogP contribution in [0.1, 0.15) is 44.0 Å². The second-order valence-electron chi connectivity index (χ2n) is 6.46. The van der Waals surface area contributed by atoms with Crippen LogP contribution in [0.25, 0.3) is 0 Å². The summed E-state index contributed by atoms with van der Waals surface area (Å²) in [5.74, 6) is 0.493. The van der Waals surface area contributed by atoms with Gasteiger partial charge in [-0.05, 0) is 24.6 Å². The fourth-order valence-electron chi connectivity index (χ4n) is 2.84. The monoisotopic (exact) mass is 345 g/mol. The number of hydrogen-bond donors (Lipinski definition) is 2. The van der Waals surface area contributed by atoms with Crippen molar-refractivity contribution in [2.75, 3.05) is 6.54 Å². The van der Waals surface area contributed by atoms with Crippen molar-refractivity contribution in [1.82, 2.24) is 5.32 Å². The molecule has 0 aliphatic carbocycles. The number of amides is 1. The molecule has 0 spiro atoms. The quantitative estimate of drug-likeness (QED) is 0.793. The average molecular weight is 346 g/mol. The van der Waals surface area contributed by atoms with Crippen LogP contribution in [-0.4, -0.2) is 12.5 Å². The summed E-state index contributed by atoms with van der Waals surface area (Å²) in [6.45, 7) is 6.76. The van der Waals surface area contributed by atoms with Crippen molar-refractivity contribution >= 4 is 17.5 Å². The molecule has 2 aromatic rings. The van der Waals surface area contributed by atoms with Gasteiger partial charge in [0.25, 0.3) is 5.91 Å². The highest BCUT2D eigenvalue weighted by Crippen LogP contribution is 2.17. The van der Waals surface area contributed by atoms with Gasteiger partial charge >= 0.3 is 0 Å². The van der Waals surface area contributed by atoms with E-state index in [2.05, 4.69) is 36.6 Å². The zero-order valence-corrected chi connectivity index (χ0v) is 15.3. The number of carbonyl (C=O) groups is 1. The van der Waals surface area contributed by atoms with Gasteiger partial charge in [-0.25, -0.2) is 0 Å². The Balaban J connectivity index is 1.90. The first-order chi connectivity index (χ1) is 11.5. The Morgan fingerprint density at radius 3 is 2.21 bits per heavy atom. The first-order valence-electron chi connectivity index (χ1n) is 8.40. The maximum Gasteiger partial charge on any atom is 0.275 e. The summed E-state index contributed by atoms with van der Waals surface area (Å²) in [7, 11) is 0. The third kappa shape index (κ3) is 5.36. The summed E-state index contributed by atoms with van der Waals surface area (Å²) >= 11 is 5.90. The van der Waals surface area contributed by atoms with E-state index >= 15 is 0 Å². The van der Waals surface area contributed by atoms with Crippen LogP contribution in [0.4, 0.5) is 0 Å². The molecule has 2 rings (SSSR count). The topological polar surface area (TPSA) is 45.7 Å². The van der Waals surface area contributed by atoms with E-state index in [1.807, 2.05) is 49.4 Å². The Morgan fingerprint density at radius 2 is 1.62 bits per heavy atom. The molecule has 1 amide bonds. The van der Waals surface area contributed by atoms with Gasteiger partial charge in [-0.1, -0.05) is 67.9 Å². The number of rotatable bonds is 7. The number of nitrogens with one attached hydrogen (secondary N) is 1. The molecular formula is C20H26ClN2O+. The zero-order chi connectivity index (χ0) is 17.5. The average Bonchev–Trinajstić information content (AvgIpc) is 2.56. The number of halogens is 1. The molecule has 0 saturated heterocycles. The van der Waals surface area contributed by atoms with Crippen molar-refractivity contribution in [2.24, 2.45) is 5.92 Å². The normalized spacial score (nSPS) is 13.5. The van der Waals surface area contributed by atoms with Gasteiger partial charge in [0.2, 0.25) is 0 Å². The summed E-state index contributed by atoms with van der Waals surface area (Å²) in [4.78, 5) is 12.3. The van der Waals surface area contributed by atoms with E-state index in [4.69, 9.17) is 11.6 Å². The lowest BCUT2D eigenvalue weighted by Gasteiger charge is -2.20. The van der Waals surface area contributed by atoms with Gasteiger partial charge in [0, 0.05) is 16.5 Å². The molecule has 0 unspecified atom stereocenters. The van der Waals surface area contributed by atoms with Crippen molar-refractivity contribution in [3.63, 3.8) is 0 Å². The minimum atomic E-state index is -0.0302. The van der Waals surface area contributed by atoms with E-state index < -0.39 is 0 Å². The van der Waals surface area contributed by atoms with E-state index in [1.54, 1.807) is 0 Å². The Hall–Kier alpha value is -1.84. The van der Waals surface area contributed by atoms with Crippen molar-refractivity contribution in [3.05, 3.63) is 70.7 Å². The molecule has 3 N–H and O–H groups in total. The van der Waals surface area contributed by atoms with Gasteiger partial charge in [-0.2, -0.15) is 0 Å². The van der Waals surface area contributed by atoms with Crippen LogP contribution < -0.4 is 10.6 Å². The highest BCUT2D eigenvalue weighted by Gasteiger charge is 2.20. The van der Waals surface area contributed by atoms with Crippen LogP contribution >= 0.6 is 11.6 Å². The fraction of sp³-hybridized carbons (Fsp3) is 0.350. The molecule has 2 aromatic carbocycles. The van der Waals surface area contributed by atoms with E-state index in [9.17, 15) is 4.79 Å². The minimum Gasteiger partial charge on any atom is -0.345 e. The van der Waals surface area contributed by atoms with Crippen LogP contribution in [0.15, 0.2) is 54.6 Å². The Bertz CT molecular complexity index is 640. The van der Waals surface area contributed by atoms with Gasteiger partial charge in [0.1, 0.15) is 6.04 Å². The summed E-state index contributed by atoms with van der Waals surface area (Å²) in [6, 6.07) is 18.2. The summed E-state index contributed by atoms with van der Waals surface area (Å²) in [5, 5.41) is 5.87. The molecule has 0 radical (unpaired) electrons. The van der Waals surface area contributed by atoms with Crippen LogP contribution in [0.2, 0.25) is 5.02 Å². The molecule has 0 aliphatic heterocycles. The zero-order valence-electron chi connectivity index (χ0n) is 14.5. The van der Waals surface area contributed by atoms with E-state index in [-0.39, 0.29) is 18.0 Å². The molecule has 0 aromatic heterocycles. The summed E-state index contributed by atoms with van der Waals surface area (Å²) in [5.41, 5.74) is 2.31. The Labute approximate surface area is 149 Å². The lowest BCUT2D eigenvalue weighted by atomic mass is 9.96. The second-order valence-corrected chi connectivity index (χ2v) is 6.90. The number of quaternary nitrogens is 1. The molecule has 0 saturated carbocycles. The predicted octanol–water partition coefficient (Wildman–Crippen LogP) is 3.48. The van der Waals surface area contributed by atoms with Crippen LogP contribution in [-0.2, 0) is 4.79 Å². The lowest BCUT2D eigenvalue weighted by Crippen LogP contribution is -2.88. The molecule has 0 bridgehead atoms. The third-order valence-corrected chi connectivity index (χ3v) is 4.46. The highest BCUT2D eigenvalue weighted by molar-refractivity contribution is 6.30. The SMILES string of the molecule is CC(C)[C@H]([NH2+]CC(=O)N[C@@H](C)c1ccc(Cl)cc1)c1ccccc1. The summed E-state index contributed by atoms with van der Waals surface area (Å²) in [6.07, 6.45) is 0. The van der Waals surface area contributed by atoms with Crippen LogP contribution in [0.3, 0.4) is 0 Å². The second kappa shape index (κ2) is 8.86. The standard InChI is InChI=1S/C20H25ClN2O/c1-14(2)20(17-7-5-4-6-8-17)22-13-19(24)23-15(3)16-9-11-18(21)12-10-16/h4-12,14-15,20,22H,13H2,1-3H3,(H,23,24)/p+1/t15-,20-/m0/s1. The van der Waals surface area contributed by atoms with Crippen LogP contribution in [0, 0.1) is 5.92 Å². The van der Waals surface area contributed by atoms with Crippen LogP contribution in [0.5, 0.6) is 0 Å². The number of hydrogen-bond acceptors (Lipinski definition) is 1. The first kappa shape index (κ1) is 18.5. The number of carbonyl (C=O) groups excluding carboxylic acids is 1. The van der Waals surface area contributed by atoms with Gasteiger partial charge in [0.05, 0.1) is 6.04 Å². The van der Waals surface area contributed by atoms with Crippen molar-refractivity contribution in [2.45, 2.75) is 32.9 Å². The minimum absolute atomic E-state index is 0.0302. The van der Waals surface area contributed by atoms with Gasteiger partial charge in [-0.3, -0.25) is 4.79 Å². The van der Waals surface area contributed by atoms with Crippen molar-refractivity contribution < 1.29 is 10.1 Å². The maximum atomic E-state index is 12.3. The molecule has 2 atom stereocenters. The van der Waals surface area contributed by atoms with E-state index in [0.717, 1.165) is 5.56 Å². The summed E-state index contributed by atoms with van der Waals surface area (Å²) < 4.78 is 0. The first-order valence-corrected chi connectivity index (χ1v) is 8.78. The molecule has 3 nitrogen and oxygen atoms in total. The molecule has 0 heterocycles. The molecule has 0 fully saturated rings. The Morgan fingerprint density at radius 1 is 1.00 bits per heavy atom. The van der Waals surface area contributed by atoms with Gasteiger partial charge in [0.15, 0.2) is 6.54 Å². The van der Waals surface area contributed by atoms with E-state index in [1.165, 1.54) is 5.56 Å². The predicted molar refractivity (Wildman–Crippen MR) is 98.8 cm³/mol. The van der Waals surface area contributed by atoms with E-state index in [0.29, 0.717) is 17.5 Å². The lowest BCUT2D eigenvalue weighted by molar-refractivity contribution is -0.692. The molecule has 0 aliphatic rings. The Kier molecular flexibility index (Phi) is 6.83. The molecular weight excluding hydrogens is 320 g/mol. The maximum absolute atomic E-state index is 12.3. The molecule has 4 heteroatoms. The highest BCUT2D eigenvalue weighted by atomic mass is 35.5.